The number of benzene rings is 1. The van der Waals surface area contributed by atoms with Gasteiger partial charge in [0, 0.05) is 19.1 Å². The number of rotatable bonds is 5. The second kappa shape index (κ2) is 6.52. The van der Waals surface area contributed by atoms with Gasteiger partial charge in [-0.25, -0.2) is 0 Å². The van der Waals surface area contributed by atoms with Gasteiger partial charge >= 0.3 is 0 Å². The molecule has 1 aliphatic heterocycles. The molecule has 0 spiro atoms. The molecule has 1 amide bonds. The SMILES string of the molecule is NCC(=O)NC[C@@H]1CCCN1Cc1ccccc1. The Morgan fingerprint density at radius 1 is 1.39 bits per heavy atom. The van der Waals surface area contributed by atoms with Crippen LogP contribution in [-0.2, 0) is 11.3 Å². The molecule has 1 aromatic rings. The van der Waals surface area contributed by atoms with E-state index in [0.29, 0.717) is 12.6 Å². The summed E-state index contributed by atoms with van der Waals surface area (Å²) < 4.78 is 0. The average Bonchev–Trinajstić information content (AvgIpc) is 2.84. The highest BCUT2D eigenvalue weighted by atomic mass is 16.1. The molecule has 3 N–H and O–H groups in total. The molecule has 1 fully saturated rings. The quantitative estimate of drug-likeness (QED) is 0.806. The summed E-state index contributed by atoms with van der Waals surface area (Å²) in [6, 6.07) is 10.9. The van der Waals surface area contributed by atoms with Crippen molar-refractivity contribution in [2.45, 2.75) is 25.4 Å². The van der Waals surface area contributed by atoms with E-state index in [0.717, 1.165) is 19.5 Å². The summed E-state index contributed by atoms with van der Waals surface area (Å²) in [6.07, 6.45) is 2.35. The Hall–Kier alpha value is -1.39. The minimum Gasteiger partial charge on any atom is -0.353 e. The molecule has 2 rings (SSSR count). The van der Waals surface area contributed by atoms with E-state index < -0.39 is 0 Å². The van der Waals surface area contributed by atoms with E-state index in [-0.39, 0.29) is 12.5 Å². The standard InChI is InChI=1S/C14H21N3O/c15-9-14(18)16-10-13-7-4-8-17(13)11-12-5-2-1-3-6-12/h1-3,5-6,13H,4,7-11,15H2,(H,16,18)/t13-/m0/s1. The van der Waals surface area contributed by atoms with Crippen molar-refractivity contribution >= 4 is 5.91 Å². The van der Waals surface area contributed by atoms with Crippen LogP contribution in [0.2, 0.25) is 0 Å². The summed E-state index contributed by atoms with van der Waals surface area (Å²) in [5.74, 6) is -0.0680. The average molecular weight is 247 g/mol. The van der Waals surface area contributed by atoms with Crippen molar-refractivity contribution in [3.63, 3.8) is 0 Å². The second-order valence-corrected chi connectivity index (χ2v) is 4.76. The van der Waals surface area contributed by atoms with Gasteiger partial charge in [-0.2, -0.15) is 0 Å². The van der Waals surface area contributed by atoms with Crippen LogP contribution in [0.4, 0.5) is 0 Å². The molecular weight excluding hydrogens is 226 g/mol. The van der Waals surface area contributed by atoms with Gasteiger partial charge in [0.05, 0.1) is 6.54 Å². The molecule has 0 aliphatic carbocycles. The topological polar surface area (TPSA) is 58.4 Å². The zero-order valence-corrected chi connectivity index (χ0v) is 10.6. The molecular formula is C14H21N3O. The first-order valence-electron chi connectivity index (χ1n) is 6.54. The molecule has 18 heavy (non-hydrogen) atoms. The van der Waals surface area contributed by atoms with Gasteiger partial charge in [-0.05, 0) is 24.9 Å². The minimum absolute atomic E-state index is 0.0680. The van der Waals surface area contributed by atoms with Crippen molar-refractivity contribution in [1.29, 1.82) is 0 Å². The van der Waals surface area contributed by atoms with Crippen molar-refractivity contribution in [2.75, 3.05) is 19.6 Å². The second-order valence-electron chi connectivity index (χ2n) is 4.76. The highest BCUT2D eigenvalue weighted by molar-refractivity contribution is 5.77. The Kier molecular flexibility index (Phi) is 4.73. The largest absolute Gasteiger partial charge is 0.353 e. The number of hydrogen-bond donors (Lipinski definition) is 2. The number of amides is 1. The highest BCUT2D eigenvalue weighted by Crippen LogP contribution is 2.19. The first kappa shape index (κ1) is 13.1. The summed E-state index contributed by atoms with van der Waals surface area (Å²) in [6.45, 7) is 2.86. The summed E-state index contributed by atoms with van der Waals surface area (Å²) in [7, 11) is 0. The molecule has 98 valence electrons. The van der Waals surface area contributed by atoms with Gasteiger partial charge < -0.3 is 11.1 Å². The lowest BCUT2D eigenvalue weighted by molar-refractivity contribution is -0.119. The van der Waals surface area contributed by atoms with Gasteiger partial charge in [0.1, 0.15) is 0 Å². The third kappa shape index (κ3) is 3.55. The molecule has 0 radical (unpaired) electrons. The predicted molar refractivity (Wildman–Crippen MR) is 71.9 cm³/mol. The third-order valence-electron chi connectivity index (χ3n) is 3.45. The zero-order valence-electron chi connectivity index (χ0n) is 10.6. The van der Waals surface area contributed by atoms with E-state index in [1.54, 1.807) is 0 Å². The number of hydrogen-bond acceptors (Lipinski definition) is 3. The lowest BCUT2D eigenvalue weighted by Gasteiger charge is -2.24. The van der Waals surface area contributed by atoms with Crippen molar-refractivity contribution in [3.05, 3.63) is 35.9 Å². The Labute approximate surface area is 108 Å². The highest BCUT2D eigenvalue weighted by Gasteiger charge is 2.24. The van der Waals surface area contributed by atoms with E-state index in [1.165, 1.54) is 12.0 Å². The lowest BCUT2D eigenvalue weighted by Crippen LogP contribution is -2.41. The zero-order chi connectivity index (χ0) is 12.8. The fourth-order valence-electron chi connectivity index (χ4n) is 2.46. The van der Waals surface area contributed by atoms with Crippen LogP contribution in [0, 0.1) is 0 Å². The van der Waals surface area contributed by atoms with Crippen LogP contribution in [0.15, 0.2) is 30.3 Å². The first-order valence-corrected chi connectivity index (χ1v) is 6.54. The van der Waals surface area contributed by atoms with Crippen molar-refractivity contribution < 1.29 is 4.79 Å². The molecule has 0 bridgehead atoms. The molecule has 0 saturated carbocycles. The van der Waals surface area contributed by atoms with Crippen LogP contribution in [0.3, 0.4) is 0 Å². The van der Waals surface area contributed by atoms with Gasteiger partial charge in [-0.3, -0.25) is 9.69 Å². The van der Waals surface area contributed by atoms with E-state index >= 15 is 0 Å². The van der Waals surface area contributed by atoms with Gasteiger partial charge in [0.25, 0.3) is 0 Å². The Bertz CT molecular complexity index is 380. The van der Waals surface area contributed by atoms with Crippen LogP contribution in [0.25, 0.3) is 0 Å². The Morgan fingerprint density at radius 3 is 2.89 bits per heavy atom. The van der Waals surface area contributed by atoms with E-state index in [9.17, 15) is 4.79 Å². The van der Waals surface area contributed by atoms with Gasteiger partial charge in [-0.15, -0.1) is 0 Å². The lowest BCUT2D eigenvalue weighted by atomic mass is 10.2. The summed E-state index contributed by atoms with van der Waals surface area (Å²) >= 11 is 0. The molecule has 1 atom stereocenters. The van der Waals surface area contributed by atoms with Crippen LogP contribution in [0.5, 0.6) is 0 Å². The Morgan fingerprint density at radius 2 is 2.17 bits per heavy atom. The Balaban J connectivity index is 1.86. The fourth-order valence-corrected chi connectivity index (χ4v) is 2.46. The predicted octanol–water partition coefficient (Wildman–Crippen LogP) is 0.726. The molecule has 1 saturated heterocycles. The monoisotopic (exact) mass is 247 g/mol. The summed E-state index contributed by atoms with van der Waals surface area (Å²) in [5.41, 5.74) is 6.62. The van der Waals surface area contributed by atoms with Crippen molar-refractivity contribution in [2.24, 2.45) is 5.73 Å². The molecule has 0 unspecified atom stereocenters. The normalized spacial score (nSPS) is 19.9. The van der Waals surface area contributed by atoms with E-state index in [2.05, 4.69) is 34.5 Å². The van der Waals surface area contributed by atoms with E-state index in [1.807, 2.05) is 6.07 Å². The van der Waals surface area contributed by atoms with Crippen molar-refractivity contribution in [1.82, 2.24) is 10.2 Å². The molecule has 4 heteroatoms. The number of carbonyl (C=O) groups excluding carboxylic acids is 1. The van der Waals surface area contributed by atoms with Crippen molar-refractivity contribution in [3.8, 4) is 0 Å². The maximum atomic E-state index is 11.2. The number of carbonyl (C=O) groups is 1. The maximum Gasteiger partial charge on any atom is 0.233 e. The first-order chi connectivity index (χ1) is 8.79. The van der Waals surface area contributed by atoms with Crippen LogP contribution >= 0.6 is 0 Å². The molecule has 1 heterocycles. The molecule has 0 aromatic heterocycles. The minimum atomic E-state index is -0.0680. The summed E-state index contributed by atoms with van der Waals surface area (Å²) in [5, 5.41) is 2.88. The maximum absolute atomic E-state index is 11.2. The van der Waals surface area contributed by atoms with Gasteiger partial charge in [-0.1, -0.05) is 30.3 Å². The molecule has 1 aliphatic rings. The van der Waals surface area contributed by atoms with Crippen LogP contribution in [-0.4, -0.2) is 36.5 Å². The summed E-state index contributed by atoms with van der Waals surface area (Å²) in [4.78, 5) is 13.6. The number of nitrogens with zero attached hydrogens (tertiary/aromatic N) is 1. The third-order valence-corrected chi connectivity index (χ3v) is 3.45. The molecule has 4 nitrogen and oxygen atoms in total. The fraction of sp³-hybridized carbons (Fsp3) is 0.500. The van der Waals surface area contributed by atoms with Crippen LogP contribution in [0.1, 0.15) is 18.4 Å². The van der Waals surface area contributed by atoms with Gasteiger partial charge in [0.2, 0.25) is 5.91 Å². The number of nitrogens with one attached hydrogen (secondary N) is 1. The smallest absolute Gasteiger partial charge is 0.233 e. The van der Waals surface area contributed by atoms with E-state index in [4.69, 9.17) is 5.73 Å². The number of likely N-dealkylation sites (tertiary alicyclic amines) is 1. The van der Waals surface area contributed by atoms with Gasteiger partial charge in [0.15, 0.2) is 0 Å². The molecule has 1 aromatic carbocycles. The van der Waals surface area contributed by atoms with Crippen LogP contribution < -0.4 is 11.1 Å². The number of nitrogens with two attached hydrogens (primary N) is 1.